The van der Waals surface area contributed by atoms with Gasteiger partial charge in [-0.1, -0.05) is 28.7 Å². The van der Waals surface area contributed by atoms with Crippen molar-refractivity contribution < 1.29 is 14.3 Å². The van der Waals surface area contributed by atoms with Gasteiger partial charge in [-0.05, 0) is 18.2 Å². The van der Waals surface area contributed by atoms with Gasteiger partial charge in [0.25, 0.3) is 0 Å². The summed E-state index contributed by atoms with van der Waals surface area (Å²) in [5, 5.41) is 0. The fourth-order valence-electron chi connectivity index (χ4n) is 0.987. The molecule has 0 N–H and O–H groups in total. The minimum Gasteiger partial charge on any atom is -0.493 e. The molecule has 0 aliphatic carbocycles. The van der Waals surface area contributed by atoms with Crippen molar-refractivity contribution in [2.45, 2.75) is 0 Å². The number of hydrogen-bond acceptors (Lipinski definition) is 3. The normalized spacial score (nSPS) is 9.57. The number of carbonyl (C=O) groups is 1. The number of hydrogen-bond donors (Lipinski definition) is 0. The average Bonchev–Trinajstić information content (AvgIpc) is 2.25. The van der Waals surface area contributed by atoms with Crippen molar-refractivity contribution in [2.75, 3.05) is 18.1 Å². The van der Waals surface area contributed by atoms with Crippen molar-refractivity contribution in [3.8, 4) is 5.75 Å². The van der Waals surface area contributed by atoms with E-state index in [2.05, 4.69) is 27.3 Å². The predicted molar refractivity (Wildman–Crippen MR) is 62.2 cm³/mol. The second-order valence-electron chi connectivity index (χ2n) is 2.56. The van der Waals surface area contributed by atoms with E-state index in [0.717, 1.165) is 4.43 Å². The standard InChI is InChI=1S/C10H11IO3/c1-13-10(12)8-3-2-4-9(7-8)14-6-5-11/h2-4,7H,5-6H2,1H3. The van der Waals surface area contributed by atoms with E-state index in [1.807, 2.05) is 6.07 Å². The first-order chi connectivity index (χ1) is 6.77. The predicted octanol–water partition coefficient (Wildman–Crippen LogP) is 2.29. The van der Waals surface area contributed by atoms with Crippen LogP contribution in [0.15, 0.2) is 24.3 Å². The van der Waals surface area contributed by atoms with E-state index in [0.29, 0.717) is 17.9 Å². The third-order valence-electron chi connectivity index (χ3n) is 1.60. The van der Waals surface area contributed by atoms with Crippen LogP contribution in [0.25, 0.3) is 0 Å². The highest BCUT2D eigenvalue weighted by Gasteiger charge is 2.05. The second-order valence-corrected chi connectivity index (χ2v) is 3.64. The zero-order chi connectivity index (χ0) is 10.4. The van der Waals surface area contributed by atoms with Crippen LogP contribution < -0.4 is 4.74 Å². The van der Waals surface area contributed by atoms with E-state index in [1.165, 1.54) is 7.11 Å². The summed E-state index contributed by atoms with van der Waals surface area (Å²) in [5.41, 5.74) is 0.512. The number of esters is 1. The third-order valence-corrected chi connectivity index (χ3v) is 2.04. The van der Waals surface area contributed by atoms with E-state index in [-0.39, 0.29) is 5.97 Å². The Morgan fingerprint density at radius 3 is 2.93 bits per heavy atom. The topological polar surface area (TPSA) is 35.5 Å². The number of halogens is 1. The van der Waals surface area contributed by atoms with Crippen LogP contribution in [0.1, 0.15) is 10.4 Å². The minimum absolute atomic E-state index is 0.343. The Hall–Kier alpha value is -0.780. The summed E-state index contributed by atoms with van der Waals surface area (Å²) in [4.78, 5) is 11.2. The Kier molecular flexibility index (Phi) is 4.72. The average molecular weight is 306 g/mol. The summed E-state index contributed by atoms with van der Waals surface area (Å²) >= 11 is 2.23. The maximum absolute atomic E-state index is 11.2. The highest BCUT2D eigenvalue weighted by molar-refractivity contribution is 14.1. The largest absolute Gasteiger partial charge is 0.493 e. The van der Waals surface area contributed by atoms with Gasteiger partial charge in [-0.25, -0.2) is 4.79 Å². The lowest BCUT2D eigenvalue weighted by molar-refractivity contribution is 0.0600. The number of alkyl halides is 1. The molecule has 1 rings (SSSR count). The van der Waals surface area contributed by atoms with Crippen LogP contribution >= 0.6 is 22.6 Å². The van der Waals surface area contributed by atoms with Crippen molar-refractivity contribution in [1.82, 2.24) is 0 Å². The summed E-state index contributed by atoms with van der Waals surface area (Å²) in [6.07, 6.45) is 0. The van der Waals surface area contributed by atoms with Gasteiger partial charge in [-0.3, -0.25) is 0 Å². The number of methoxy groups -OCH3 is 1. The van der Waals surface area contributed by atoms with Crippen molar-refractivity contribution in [2.24, 2.45) is 0 Å². The van der Waals surface area contributed by atoms with Crippen LogP contribution in [0.4, 0.5) is 0 Å². The lowest BCUT2D eigenvalue weighted by Gasteiger charge is -2.05. The molecule has 0 unspecified atom stereocenters. The van der Waals surface area contributed by atoms with Crippen LogP contribution in [-0.4, -0.2) is 24.1 Å². The molecule has 0 amide bonds. The van der Waals surface area contributed by atoms with E-state index in [4.69, 9.17) is 4.74 Å². The molecule has 0 saturated heterocycles. The molecule has 3 nitrogen and oxygen atoms in total. The number of rotatable bonds is 4. The van der Waals surface area contributed by atoms with E-state index in [1.54, 1.807) is 18.2 Å². The van der Waals surface area contributed by atoms with Crippen LogP contribution in [0.2, 0.25) is 0 Å². The van der Waals surface area contributed by atoms with Gasteiger partial charge in [0.2, 0.25) is 0 Å². The molecule has 1 aromatic carbocycles. The van der Waals surface area contributed by atoms with Gasteiger partial charge >= 0.3 is 5.97 Å². The molecule has 0 radical (unpaired) electrons. The Labute approximate surface area is 96.5 Å². The zero-order valence-electron chi connectivity index (χ0n) is 7.83. The quantitative estimate of drug-likeness (QED) is 0.486. The second kappa shape index (κ2) is 5.85. The summed E-state index contributed by atoms with van der Waals surface area (Å²) in [6.45, 7) is 0.644. The molecule has 0 aromatic heterocycles. The third kappa shape index (κ3) is 3.17. The molecule has 0 aliphatic rings. The summed E-state index contributed by atoms with van der Waals surface area (Å²) < 4.78 is 10.9. The monoisotopic (exact) mass is 306 g/mol. The highest BCUT2D eigenvalue weighted by Crippen LogP contribution is 2.13. The molecule has 0 fully saturated rings. The molecular formula is C10H11IO3. The van der Waals surface area contributed by atoms with Crippen LogP contribution in [0, 0.1) is 0 Å². The molecule has 14 heavy (non-hydrogen) atoms. The van der Waals surface area contributed by atoms with Crippen molar-refractivity contribution >= 4 is 28.6 Å². The first-order valence-corrected chi connectivity index (χ1v) is 5.67. The summed E-state index contributed by atoms with van der Waals surface area (Å²) in [6, 6.07) is 6.97. The fraction of sp³-hybridized carbons (Fsp3) is 0.300. The molecule has 0 spiro atoms. The SMILES string of the molecule is COC(=O)c1cccc(OCCI)c1. The Morgan fingerprint density at radius 2 is 2.29 bits per heavy atom. The lowest BCUT2D eigenvalue weighted by Crippen LogP contribution is -2.02. The number of ether oxygens (including phenoxy) is 2. The zero-order valence-corrected chi connectivity index (χ0v) is 9.98. The summed E-state index contributed by atoms with van der Waals surface area (Å²) in [5.74, 6) is 0.356. The van der Waals surface area contributed by atoms with E-state index in [9.17, 15) is 4.79 Å². The van der Waals surface area contributed by atoms with Gasteiger partial charge in [0, 0.05) is 4.43 Å². The van der Waals surface area contributed by atoms with Crippen LogP contribution in [0.3, 0.4) is 0 Å². The molecule has 0 saturated carbocycles. The van der Waals surface area contributed by atoms with Gasteiger partial charge in [-0.2, -0.15) is 0 Å². The summed E-state index contributed by atoms with van der Waals surface area (Å²) in [7, 11) is 1.36. The maximum Gasteiger partial charge on any atom is 0.337 e. The molecular weight excluding hydrogens is 295 g/mol. The highest BCUT2D eigenvalue weighted by atomic mass is 127. The van der Waals surface area contributed by atoms with Crippen molar-refractivity contribution in [1.29, 1.82) is 0 Å². The van der Waals surface area contributed by atoms with Gasteiger partial charge in [-0.15, -0.1) is 0 Å². The van der Waals surface area contributed by atoms with Gasteiger partial charge in [0.15, 0.2) is 0 Å². The van der Waals surface area contributed by atoms with Crippen LogP contribution in [-0.2, 0) is 4.74 Å². The van der Waals surface area contributed by atoms with E-state index < -0.39 is 0 Å². The molecule has 0 bridgehead atoms. The van der Waals surface area contributed by atoms with Crippen LogP contribution in [0.5, 0.6) is 5.75 Å². The molecule has 0 atom stereocenters. The molecule has 0 heterocycles. The Bertz CT molecular complexity index is 312. The van der Waals surface area contributed by atoms with Gasteiger partial charge in [0.05, 0.1) is 19.3 Å². The number of benzene rings is 1. The fourth-order valence-corrected chi connectivity index (χ4v) is 1.21. The van der Waals surface area contributed by atoms with Crippen molar-refractivity contribution in [3.63, 3.8) is 0 Å². The number of carbonyl (C=O) groups excluding carboxylic acids is 1. The minimum atomic E-state index is -0.343. The maximum atomic E-state index is 11.2. The molecule has 4 heteroatoms. The Morgan fingerprint density at radius 1 is 1.50 bits per heavy atom. The molecule has 76 valence electrons. The Balaban J connectivity index is 2.73. The lowest BCUT2D eigenvalue weighted by atomic mass is 10.2. The molecule has 0 aliphatic heterocycles. The first kappa shape index (κ1) is 11.3. The smallest absolute Gasteiger partial charge is 0.337 e. The van der Waals surface area contributed by atoms with E-state index >= 15 is 0 Å². The van der Waals surface area contributed by atoms with Gasteiger partial charge < -0.3 is 9.47 Å². The van der Waals surface area contributed by atoms with Crippen molar-refractivity contribution in [3.05, 3.63) is 29.8 Å². The molecule has 1 aromatic rings. The van der Waals surface area contributed by atoms with Gasteiger partial charge in [0.1, 0.15) is 5.75 Å². The first-order valence-electron chi connectivity index (χ1n) is 4.15.